The molecule has 40 heavy (non-hydrogen) atoms. The van der Waals surface area contributed by atoms with Gasteiger partial charge in [-0.2, -0.15) is 0 Å². The molecule has 1 saturated heterocycles. The molecule has 2 aliphatic heterocycles. The van der Waals surface area contributed by atoms with Crippen molar-refractivity contribution in [3.63, 3.8) is 0 Å². The molecule has 2 aliphatic rings. The normalized spacial score (nSPS) is 18.9. The highest BCUT2D eigenvalue weighted by Gasteiger charge is 2.54. The summed E-state index contributed by atoms with van der Waals surface area (Å²) >= 11 is 3.47. The predicted molar refractivity (Wildman–Crippen MR) is 140 cm³/mol. The lowest BCUT2D eigenvalue weighted by Crippen LogP contribution is -2.71. The van der Waals surface area contributed by atoms with Gasteiger partial charge in [-0.3, -0.25) is 14.5 Å². The Morgan fingerprint density at radius 3 is 2.80 bits per heavy atom. The summed E-state index contributed by atoms with van der Waals surface area (Å²) in [6.07, 6.45) is 0. The van der Waals surface area contributed by atoms with Crippen molar-refractivity contribution in [3.8, 4) is 0 Å². The van der Waals surface area contributed by atoms with Crippen LogP contribution in [0, 0.1) is 0 Å². The molecule has 3 aromatic rings. The Bertz CT molecular complexity index is 1600. The number of carbonyl (C=O) groups excluding carboxylic acids is 2. The predicted octanol–water partition coefficient (Wildman–Crippen LogP) is -1.52. The van der Waals surface area contributed by atoms with Crippen LogP contribution in [0.15, 0.2) is 32.9 Å². The van der Waals surface area contributed by atoms with Gasteiger partial charge in [0.25, 0.3) is 11.8 Å². The van der Waals surface area contributed by atoms with E-state index in [9.17, 15) is 24.3 Å². The number of hydrogen-bond acceptors (Lipinski definition) is 16. The topological polar surface area (TPSA) is 266 Å². The van der Waals surface area contributed by atoms with Gasteiger partial charge in [0.2, 0.25) is 12.3 Å². The number of anilines is 2. The van der Waals surface area contributed by atoms with Crippen molar-refractivity contribution in [2.75, 3.05) is 29.6 Å². The number of rotatable bonds is 10. The molecule has 0 spiro atoms. The van der Waals surface area contributed by atoms with Gasteiger partial charge in [0.15, 0.2) is 10.8 Å². The number of nitrogens with zero attached hydrogens (tertiary/aromatic N) is 8. The maximum atomic E-state index is 13.1. The average Bonchev–Trinajstić information content (AvgIpc) is 3.56. The molecule has 1 unspecified atom stereocenters. The zero-order chi connectivity index (χ0) is 28.6. The van der Waals surface area contributed by atoms with Crippen LogP contribution in [0.3, 0.4) is 0 Å². The third-order valence-corrected chi connectivity index (χ3v) is 8.44. The summed E-state index contributed by atoms with van der Waals surface area (Å²) in [6.45, 7) is -0.815. The molecule has 21 heteroatoms. The average molecular weight is 608 g/mol. The fraction of sp³-hybridized carbons (Fsp3) is 0.263. The summed E-state index contributed by atoms with van der Waals surface area (Å²) in [7, 11) is 0. The Kier molecular flexibility index (Phi) is 7.40. The van der Waals surface area contributed by atoms with Gasteiger partial charge in [-0.25, -0.2) is 14.6 Å². The quantitative estimate of drug-likeness (QED) is 0.0757. The molecule has 2 amide bonds. The summed E-state index contributed by atoms with van der Waals surface area (Å²) in [5.41, 5.74) is 12.1. The first-order chi connectivity index (χ1) is 19.1. The van der Waals surface area contributed by atoms with Crippen molar-refractivity contribution < 1.29 is 34.2 Å². The van der Waals surface area contributed by atoms with Crippen LogP contribution in [0.1, 0.15) is 5.69 Å². The van der Waals surface area contributed by atoms with Gasteiger partial charge in [-0.15, -0.1) is 37.9 Å². The summed E-state index contributed by atoms with van der Waals surface area (Å²) in [6, 6.07) is 0.483. The number of oxime groups is 1. The molecule has 0 aromatic carbocycles. The second-order valence-corrected chi connectivity index (χ2v) is 11.0. The number of nitrogen functional groups attached to an aromatic ring is 2. The van der Waals surface area contributed by atoms with Crippen LogP contribution in [-0.2, 0) is 24.0 Å². The lowest BCUT2D eigenvalue weighted by molar-refractivity contribution is -0.150. The van der Waals surface area contributed by atoms with E-state index in [4.69, 9.17) is 21.4 Å². The lowest BCUT2D eigenvalue weighted by Gasteiger charge is -2.49. The van der Waals surface area contributed by atoms with Crippen LogP contribution in [0.4, 0.5) is 10.8 Å². The Morgan fingerprint density at radius 2 is 2.10 bits per heavy atom. The molecule has 1 fully saturated rings. The molecule has 2 atom stereocenters. The molecule has 18 nitrogen and oxygen atoms in total. The van der Waals surface area contributed by atoms with Crippen molar-refractivity contribution >= 4 is 80.8 Å². The van der Waals surface area contributed by atoms with Gasteiger partial charge in [0, 0.05) is 16.9 Å². The fourth-order valence-electron chi connectivity index (χ4n) is 3.73. The molecule has 0 radical (unpaired) electrons. The maximum absolute atomic E-state index is 13.1. The Morgan fingerprint density at radius 1 is 1.30 bits per heavy atom. The Labute approximate surface area is 234 Å². The van der Waals surface area contributed by atoms with Crippen LogP contribution < -0.4 is 16.8 Å². The third-order valence-electron chi connectivity index (χ3n) is 5.44. The van der Waals surface area contributed by atoms with Crippen LogP contribution in [0.2, 0.25) is 0 Å². The van der Waals surface area contributed by atoms with E-state index in [1.165, 1.54) is 28.9 Å². The second kappa shape index (κ2) is 10.9. The number of amides is 2. The van der Waals surface area contributed by atoms with Crippen LogP contribution in [0.5, 0.6) is 0 Å². The number of nitrogens with two attached hydrogens (primary N) is 2. The van der Waals surface area contributed by atoms with Crippen molar-refractivity contribution in [1.29, 1.82) is 0 Å². The molecule has 5 rings (SSSR count). The van der Waals surface area contributed by atoms with E-state index in [0.717, 1.165) is 20.9 Å². The van der Waals surface area contributed by atoms with Gasteiger partial charge in [-0.05, 0) is 22.1 Å². The molecule has 0 saturated carbocycles. The first-order valence-corrected chi connectivity index (χ1v) is 13.9. The van der Waals surface area contributed by atoms with Crippen molar-refractivity contribution in [2.24, 2.45) is 5.16 Å². The lowest BCUT2D eigenvalue weighted by atomic mass is 10.0. The number of fused-ring (bicyclic) bond motifs is 2. The number of thiazole rings is 1. The first-order valence-electron chi connectivity index (χ1n) is 11.0. The zero-order valence-electron chi connectivity index (χ0n) is 19.8. The standard InChI is InChI=1S/C19H17N11O7S3/c20-7-1-9(25-30-14(7)24-27-28-30)38-3-6-4-39-17-12(16(34)29(17)13(6)18(35)36)23-15(33)11(26-37-2-10(31)32)8-5-40-19(21)22-8/h1,5,12,17H,2-4,20H2,(H2,21,22)(H,23,33)(H,31,32)(H,35,36)/t12?,17-/m1/s1. The van der Waals surface area contributed by atoms with Gasteiger partial charge in [-0.1, -0.05) is 16.9 Å². The van der Waals surface area contributed by atoms with E-state index in [-0.39, 0.29) is 33.7 Å². The molecular formula is C19H17N11O7S3. The number of hydrogen-bond donors (Lipinski definition) is 5. The van der Waals surface area contributed by atoms with Crippen LogP contribution in [-0.4, -0.2) is 104 Å². The van der Waals surface area contributed by atoms with Crippen LogP contribution >= 0.6 is 34.9 Å². The summed E-state index contributed by atoms with van der Waals surface area (Å²) < 4.78 is 1.16. The van der Waals surface area contributed by atoms with Crippen molar-refractivity contribution in [1.82, 2.24) is 40.5 Å². The number of carboxylic acid groups (broad SMARTS) is 2. The zero-order valence-corrected chi connectivity index (χ0v) is 22.3. The summed E-state index contributed by atoms with van der Waals surface area (Å²) in [5.74, 6) is -3.70. The van der Waals surface area contributed by atoms with Crippen molar-refractivity contribution in [2.45, 2.75) is 16.4 Å². The molecule has 0 aliphatic carbocycles. The fourth-order valence-corrected chi connectivity index (χ4v) is 6.66. The number of aliphatic carboxylic acids is 2. The maximum Gasteiger partial charge on any atom is 0.352 e. The molecule has 7 N–H and O–H groups in total. The van der Waals surface area contributed by atoms with E-state index < -0.39 is 47.5 Å². The highest BCUT2D eigenvalue weighted by Crippen LogP contribution is 2.41. The summed E-state index contributed by atoms with van der Waals surface area (Å²) in [4.78, 5) is 58.8. The largest absolute Gasteiger partial charge is 0.479 e. The summed E-state index contributed by atoms with van der Waals surface area (Å²) in [5, 5.41) is 41.3. The smallest absolute Gasteiger partial charge is 0.352 e. The minimum absolute atomic E-state index is 0.0184. The highest BCUT2D eigenvalue weighted by molar-refractivity contribution is 8.01. The first kappa shape index (κ1) is 27.1. The third kappa shape index (κ3) is 5.20. The Hall–Kier alpha value is -4.50. The molecular weight excluding hydrogens is 590 g/mol. The van der Waals surface area contributed by atoms with E-state index in [2.05, 4.69) is 36.1 Å². The minimum atomic E-state index is -1.32. The number of aromatic nitrogens is 6. The monoisotopic (exact) mass is 607 g/mol. The van der Waals surface area contributed by atoms with E-state index in [1.807, 2.05) is 0 Å². The van der Waals surface area contributed by atoms with Gasteiger partial charge in [0.05, 0.1) is 5.69 Å². The highest BCUT2D eigenvalue weighted by atomic mass is 32.2. The number of β-lactam (4-membered cyclic amide) rings is 1. The number of nitrogens with one attached hydrogen (secondary N) is 1. The molecule has 0 bridgehead atoms. The van der Waals surface area contributed by atoms with Gasteiger partial charge >= 0.3 is 11.9 Å². The van der Waals surface area contributed by atoms with Crippen molar-refractivity contribution in [3.05, 3.63) is 28.4 Å². The second-order valence-electron chi connectivity index (χ2n) is 8.01. The SMILES string of the molecule is Nc1nc(C(=NOCC(=O)O)C(=O)NC2C(=O)N3C(C(=O)O)=C(CSc4cc(N)c5nnnn5n4)CS[C@H]23)cs1. The number of carboxylic acids is 2. The van der Waals surface area contributed by atoms with E-state index >= 15 is 0 Å². The minimum Gasteiger partial charge on any atom is -0.479 e. The van der Waals surface area contributed by atoms with Crippen LogP contribution in [0.25, 0.3) is 5.65 Å². The molecule has 3 aromatic heterocycles. The molecule has 208 valence electrons. The number of carbonyl (C=O) groups is 4. The molecule has 5 heterocycles. The number of tetrazole rings is 1. The van der Waals surface area contributed by atoms with Gasteiger partial charge in [0.1, 0.15) is 27.8 Å². The van der Waals surface area contributed by atoms with E-state index in [0.29, 0.717) is 16.3 Å². The van der Waals surface area contributed by atoms with E-state index in [1.54, 1.807) is 6.07 Å². The Balaban J connectivity index is 1.31. The van der Waals surface area contributed by atoms with Gasteiger partial charge < -0.3 is 31.8 Å². The number of thioether (sulfide) groups is 2.